The molecule has 2 aliphatic rings. The third-order valence-corrected chi connectivity index (χ3v) is 6.46. The van der Waals surface area contributed by atoms with Crippen LogP contribution in [0.3, 0.4) is 0 Å². The summed E-state index contributed by atoms with van der Waals surface area (Å²) in [5.74, 6) is -2.41. The van der Waals surface area contributed by atoms with Gasteiger partial charge in [-0.25, -0.2) is 4.79 Å². The quantitative estimate of drug-likeness (QED) is 0.603. The van der Waals surface area contributed by atoms with Gasteiger partial charge in [0, 0.05) is 5.92 Å². The van der Waals surface area contributed by atoms with Gasteiger partial charge in [-0.2, -0.15) is 0 Å². The number of nitrogens with one attached hydrogen (secondary N) is 2. The molecule has 1 aliphatic carbocycles. The fraction of sp³-hybridized carbons (Fsp3) is 0.423. The van der Waals surface area contributed by atoms with Crippen LogP contribution in [0.5, 0.6) is 0 Å². The van der Waals surface area contributed by atoms with E-state index < -0.39 is 41.4 Å². The molecule has 3 atom stereocenters. The predicted molar refractivity (Wildman–Crippen MR) is 125 cm³/mol. The smallest absolute Gasteiger partial charge is 0.407 e. The number of ether oxygens (including phenoxy) is 2. The van der Waals surface area contributed by atoms with Gasteiger partial charge in [-0.05, 0) is 27.7 Å². The summed E-state index contributed by atoms with van der Waals surface area (Å²) in [4.78, 5) is 37.2. The number of carboxylic acid groups (broad SMARTS) is 1. The zero-order chi connectivity index (χ0) is 24.5. The predicted octanol–water partition coefficient (Wildman–Crippen LogP) is 3.16. The second-order valence-electron chi connectivity index (χ2n) is 9.87. The number of benzene rings is 2. The van der Waals surface area contributed by atoms with Crippen molar-refractivity contribution in [3.63, 3.8) is 0 Å². The Morgan fingerprint density at radius 3 is 2.18 bits per heavy atom. The maximum Gasteiger partial charge on any atom is 0.407 e. The molecule has 180 valence electrons. The van der Waals surface area contributed by atoms with Crippen molar-refractivity contribution >= 4 is 18.0 Å². The lowest BCUT2D eigenvalue weighted by atomic mass is 9.86. The van der Waals surface area contributed by atoms with E-state index >= 15 is 0 Å². The Labute approximate surface area is 198 Å². The first-order valence-corrected chi connectivity index (χ1v) is 11.4. The second-order valence-corrected chi connectivity index (χ2v) is 9.87. The number of amides is 2. The van der Waals surface area contributed by atoms with Crippen LogP contribution in [0, 0.1) is 11.3 Å². The minimum absolute atomic E-state index is 0.0419. The van der Waals surface area contributed by atoms with Crippen molar-refractivity contribution in [3.05, 3.63) is 59.7 Å². The van der Waals surface area contributed by atoms with E-state index in [-0.39, 0.29) is 25.7 Å². The fourth-order valence-electron chi connectivity index (χ4n) is 4.64. The van der Waals surface area contributed by atoms with Crippen LogP contribution in [0.4, 0.5) is 4.79 Å². The standard InChI is InChI=1S/C26H30N2O6/c1-26(2,3)22(23(29)27-21-14-33-12-20(21)24(30)31)28-25(32)34-13-19-17-10-6-4-8-15(17)16-9-5-7-11-18(16)19/h4-11,19-22H,12-14H2,1-3H3,(H,27,29)(H,28,32)(H,30,31). The Morgan fingerprint density at radius 2 is 1.62 bits per heavy atom. The third kappa shape index (κ3) is 4.77. The molecule has 0 saturated carbocycles. The van der Waals surface area contributed by atoms with Gasteiger partial charge in [0.25, 0.3) is 0 Å². The van der Waals surface area contributed by atoms with Gasteiger partial charge in [0.1, 0.15) is 18.6 Å². The van der Waals surface area contributed by atoms with Gasteiger partial charge in [0.2, 0.25) is 5.91 Å². The average molecular weight is 467 g/mol. The molecule has 3 unspecified atom stereocenters. The van der Waals surface area contributed by atoms with Crippen LogP contribution in [0.1, 0.15) is 37.8 Å². The normalized spacial score (nSPS) is 20.2. The third-order valence-electron chi connectivity index (χ3n) is 6.46. The molecule has 1 aliphatic heterocycles. The number of alkyl carbamates (subject to hydrolysis) is 1. The molecule has 0 spiro atoms. The number of fused-ring (bicyclic) bond motifs is 3. The maximum absolute atomic E-state index is 13.0. The highest BCUT2D eigenvalue weighted by atomic mass is 16.5. The van der Waals surface area contributed by atoms with Crippen LogP contribution < -0.4 is 10.6 Å². The van der Waals surface area contributed by atoms with E-state index in [9.17, 15) is 19.5 Å². The number of carbonyl (C=O) groups excluding carboxylic acids is 2. The lowest BCUT2D eigenvalue weighted by Gasteiger charge is -2.31. The summed E-state index contributed by atoms with van der Waals surface area (Å²) in [6, 6.07) is 14.5. The first kappa shape index (κ1) is 23.8. The molecular formula is C26H30N2O6. The van der Waals surface area contributed by atoms with Crippen molar-refractivity contribution < 1.29 is 29.0 Å². The number of carbonyl (C=O) groups is 3. The van der Waals surface area contributed by atoms with Crippen LogP contribution in [-0.2, 0) is 19.1 Å². The summed E-state index contributed by atoms with van der Waals surface area (Å²) in [6.07, 6.45) is -0.700. The molecule has 8 heteroatoms. The van der Waals surface area contributed by atoms with Crippen LogP contribution in [0.2, 0.25) is 0 Å². The molecule has 3 N–H and O–H groups in total. The largest absolute Gasteiger partial charge is 0.481 e. The summed E-state index contributed by atoms with van der Waals surface area (Å²) in [7, 11) is 0. The zero-order valence-electron chi connectivity index (χ0n) is 19.5. The number of hydrogen-bond acceptors (Lipinski definition) is 5. The average Bonchev–Trinajstić information content (AvgIpc) is 3.38. The summed E-state index contributed by atoms with van der Waals surface area (Å²) in [5.41, 5.74) is 3.83. The molecule has 4 rings (SSSR count). The molecule has 34 heavy (non-hydrogen) atoms. The first-order valence-electron chi connectivity index (χ1n) is 11.4. The van der Waals surface area contributed by atoms with Crippen molar-refractivity contribution in [2.45, 2.75) is 38.8 Å². The molecule has 0 aromatic heterocycles. The summed E-state index contributed by atoms with van der Waals surface area (Å²) >= 11 is 0. The van der Waals surface area contributed by atoms with Crippen LogP contribution >= 0.6 is 0 Å². The van der Waals surface area contributed by atoms with Crippen molar-refractivity contribution in [2.75, 3.05) is 19.8 Å². The zero-order valence-corrected chi connectivity index (χ0v) is 19.5. The minimum Gasteiger partial charge on any atom is -0.481 e. The monoisotopic (exact) mass is 466 g/mol. The molecule has 0 radical (unpaired) electrons. The van der Waals surface area contributed by atoms with E-state index in [0.29, 0.717) is 0 Å². The highest BCUT2D eigenvalue weighted by molar-refractivity contribution is 5.87. The van der Waals surface area contributed by atoms with Crippen molar-refractivity contribution in [1.29, 1.82) is 0 Å². The summed E-state index contributed by atoms with van der Waals surface area (Å²) < 4.78 is 10.8. The highest BCUT2D eigenvalue weighted by Gasteiger charge is 2.40. The number of carboxylic acids is 1. The van der Waals surface area contributed by atoms with E-state index in [1.54, 1.807) is 0 Å². The van der Waals surface area contributed by atoms with Gasteiger partial charge in [0.05, 0.1) is 19.3 Å². The molecule has 1 saturated heterocycles. The lowest BCUT2D eigenvalue weighted by molar-refractivity contribution is -0.142. The van der Waals surface area contributed by atoms with E-state index in [2.05, 4.69) is 22.8 Å². The molecule has 1 fully saturated rings. The van der Waals surface area contributed by atoms with Crippen LogP contribution in [0.15, 0.2) is 48.5 Å². The number of aliphatic carboxylic acids is 1. The minimum atomic E-state index is -1.03. The number of hydrogen-bond donors (Lipinski definition) is 3. The Morgan fingerprint density at radius 1 is 1.03 bits per heavy atom. The van der Waals surface area contributed by atoms with E-state index in [1.807, 2.05) is 57.2 Å². The molecular weight excluding hydrogens is 436 g/mol. The first-order chi connectivity index (χ1) is 16.2. The van der Waals surface area contributed by atoms with Crippen molar-refractivity contribution in [3.8, 4) is 11.1 Å². The van der Waals surface area contributed by atoms with Crippen molar-refractivity contribution in [1.82, 2.24) is 10.6 Å². The van der Waals surface area contributed by atoms with Gasteiger partial charge in [-0.3, -0.25) is 9.59 Å². The van der Waals surface area contributed by atoms with Gasteiger partial charge in [0.15, 0.2) is 0 Å². The Balaban J connectivity index is 1.42. The Kier molecular flexibility index (Phi) is 6.61. The molecule has 2 amide bonds. The molecule has 8 nitrogen and oxygen atoms in total. The fourth-order valence-corrected chi connectivity index (χ4v) is 4.64. The van der Waals surface area contributed by atoms with Crippen LogP contribution in [0.25, 0.3) is 11.1 Å². The Bertz CT molecular complexity index is 1050. The Hall–Kier alpha value is -3.39. The highest BCUT2D eigenvalue weighted by Crippen LogP contribution is 2.44. The second kappa shape index (κ2) is 9.46. The topological polar surface area (TPSA) is 114 Å². The molecule has 2 aromatic rings. The van der Waals surface area contributed by atoms with Gasteiger partial charge in [-0.15, -0.1) is 0 Å². The molecule has 1 heterocycles. The van der Waals surface area contributed by atoms with E-state index in [0.717, 1.165) is 22.3 Å². The summed E-state index contributed by atoms with van der Waals surface area (Å²) in [6.45, 7) is 5.75. The van der Waals surface area contributed by atoms with E-state index in [4.69, 9.17) is 9.47 Å². The van der Waals surface area contributed by atoms with Gasteiger partial charge >= 0.3 is 12.1 Å². The maximum atomic E-state index is 13.0. The number of rotatable bonds is 6. The van der Waals surface area contributed by atoms with Gasteiger partial charge in [-0.1, -0.05) is 69.3 Å². The summed E-state index contributed by atoms with van der Waals surface area (Å²) in [5, 5.41) is 14.7. The SMILES string of the molecule is CC(C)(C)C(NC(=O)OCC1c2ccccc2-c2ccccc21)C(=O)NC1COCC1C(=O)O. The van der Waals surface area contributed by atoms with E-state index in [1.165, 1.54) is 0 Å². The van der Waals surface area contributed by atoms with Gasteiger partial charge < -0.3 is 25.2 Å². The van der Waals surface area contributed by atoms with Crippen LogP contribution in [-0.4, -0.2) is 55.0 Å². The lowest BCUT2D eigenvalue weighted by Crippen LogP contribution is -2.57. The molecule has 2 aromatic carbocycles. The molecule has 0 bridgehead atoms. The van der Waals surface area contributed by atoms with Crippen molar-refractivity contribution in [2.24, 2.45) is 11.3 Å².